The topological polar surface area (TPSA) is 58.4 Å². The number of benzene rings is 1. The second-order valence-corrected chi connectivity index (χ2v) is 5.01. The molecule has 3 N–H and O–H groups in total. The molecule has 1 unspecified atom stereocenters. The van der Waals surface area contributed by atoms with Crippen molar-refractivity contribution in [2.75, 3.05) is 24.1 Å². The van der Waals surface area contributed by atoms with E-state index in [9.17, 15) is 4.79 Å². The highest BCUT2D eigenvalue weighted by Gasteiger charge is 2.14. The van der Waals surface area contributed by atoms with E-state index >= 15 is 0 Å². The van der Waals surface area contributed by atoms with Gasteiger partial charge >= 0.3 is 0 Å². The molecule has 1 rings (SSSR count). The van der Waals surface area contributed by atoms with Crippen molar-refractivity contribution in [2.45, 2.75) is 33.2 Å². The first-order valence-corrected chi connectivity index (χ1v) is 6.94. The molecule has 0 aliphatic carbocycles. The van der Waals surface area contributed by atoms with E-state index in [0.29, 0.717) is 29.0 Å². The molecule has 1 atom stereocenters. The maximum Gasteiger partial charge on any atom is 0.238 e. The van der Waals surface area contributed by atoms with Gasteiger partial charge in [-0.3, -0.25) is 9.69 Å². The predicted molar refractivity (Wildman–Crippen MR) is 81.5 cm³/mol. The smallest absolute Gasteiger partial charge is 0.238 e. The number of rotatable bonds is 6. The molecule has 0 aliphatic heterocycles. The first-order valence-electron chi connectivity index (χ1n) is 6.56. The molecule has 0 aliphatic rings. The van der Waals surface area contributed by atoms with Crippen LogP contribution in [0.25, 0.3) is 0 Å². The van der Waals surface area contributed by atoms with Gasteiger partial charge in [-0.2, -0.15) is 0 Å². The fraction of sp³-hybridized carbons (Fsp3) is 0.500. The monoisotopic (exact) mass is 283 g/mol. The summed E-state index contributed by atoms with van der Waals surface area (Å²) in [6.45, 7) is 7.53. The predicted octanol–water partition coefficient (Wildman–Crippen LogP) is 2.98. The summed E-state index contributed by atoms with van der Waals surface area (Å²) in [4.78, 5) is 14.1. The van der Waals surface area contributed by atoms with Gasteiger partial charge in [0.15, 0.2) is 0 Å². The largest absolute Gasteiger partial charge is 0.397 e. The quantitative estimate of drug-likeness (QED) is 0.789. The molecule has 0 spiro atoms. The zero-order chi connectivity index (χ0) is 14.4. The summed E-state index contributed by atoms with van der Waals surface area (Å²) in [5.41, 5.74) is 6.84. The zero-order valence-corrected chi connectivity index (χ0v) is 12.5. The molecule has 0 fully saturated rings. The third-order valence-electron chi connectivity index (χ3n) is 3.25. The second-order valence-electron chi connectivity index (χ2n) is 4.60. The van der Waals surface area contributed by atoms with Gasteiger partial charge in [-0.05, 0) is 38.1 Å². The van der Waals surface area contributed by atoms with E-state index in [0.717, 1.165) is 13.0 Å². The van der Waals surface area contributed by atoms with E-state index in [1.54, 1.807) is 18.2 Å². The van der Waals surface area contributed by atoms with Crippen LogP contribution >= 0.6 is 11.6 Å². The zero-order valence-electron chi connectivity index (χ0n) is 11.7. The Morgan fingerprint density at radius 3 is 2.68 bits per heavy atom. The summed E-state index contributed by atoms with van der Waals surface area (Å²) >= 11 is 5.84. The van der Waals surface area contributed by atoms with Gasteiger partial charge in [0.1, 0.15) is 0 Å². The number of hydrogen-bond donors (Lipinski definition) is 2. The lowest BCUT2D eigenvalue weighted by atomic mass is 10.2. The molecule has 0 radical (unpaired) electrons. The van der Waals surface area contributed by atoms with Crippen molar-refractivity contribution in [3.05, 3.63) is 23.2 Å². The number of carbonyl (C=O) groups is 1. The van der Waals surface area contributed by atoms with Gasteiger partial charge in [0.25, 0.3) is 0 Å². The molecule has 106 valence electrons. The fourth-order valence-corrected chi connectivity index (χ4v) is 1.96. The molecular formula is C14H22ClN3O. The molecular weight excluding hydrogens is 262 g/mol. The number of nitrogens with two attached hydrogens (primary N) is 1. The van der Waals surface area contributed by atoms with Crippen LogP contribution in [0.15, 0.2) is 18.2 Å². The van der Waals surface area contributed by atoms with Crippen LogP contribution in [0.3, 0.4) is 0 Å². The van der Waals surface area contributed by atoms with Gasteiger partial charge in [-0.15, -0.1) is 0 Å². The summed E-state index contributed by atoms with van der Waals surface area (Å²) < 4.78 is 0. The number of halogens is 1. The maximum atomic E-state index is 12.0. The normalized spacial score (nSPS) is 12.5. The van der Waals surface area contributed by atoms with E-state index < -0.39 is 0 Å². The van der Waals surface area contributed by atoms with Crippen LogP contribution in [-0.4, -0.2) is 29.9 Å². The van der Waals surface area contributed by atoms with Gasteiger partial charge in [0.05, 0.1) is 17.3 Å². The maximum absolute atomic E-state index is 12.0. The Labute approximate surface area is 119 Å². The second kappa shape index (κ2) is 7.36. The Morgan fingerprint density at radius 2 is 2.16 bits per heavy atom. The third-order valence-corrected chi connectivity index (χ3v) is 3.59. The van der Waals surface area contributed by atoms with Crippen LogP contribution in [0.4, 0.5) is 11.4 Å². The van der Waals surface area contributed by atoms with E-state index in [2.05, 4.69) is 31.0 Å². The SMILES string of the molecule is CCC(C)N(CC)CC(=O)Nc1ccc(Cl)c(N)c1. The Bertz CT molecular complexity index is 437. The third kappa shape index (κ3) is 4.73. The number of hydrogen-bond acceptors (Lipinski definition) is 3. The number of carbonyl (C=O) groups excluding carboxylic acids is 1. The van der Waals surface area contributed by atoms with Gasteiger partial charge in [-0.25, -0.2) is 0 Å². The van der Waals surface area contributed by atoms with Crippen molar-refractivity contribution in [2.24, 2.45) is 0 Å². The minimum Gasteiger partial charge on any atom is -0.397 e. The number of likely N-dealkylation sites (N-methyl/N-ethyl adjacent to an activating group) is 1. The summed E-state index contributed by atoms with van der Waals surface area (Å²) in [5, 5.41) is 3.33. The summed E-state index contributed by atoms with van der Waals surface area (Å²) in [5.74, 6) is -0.0381. The van der Waals surface area contributed by atoms with E-state index in [4.69, 9.17) is 17.3 Å². The number of anilines is 2. The van der Waals surface area contributed by atoms with Gasteiger partial charge in [0.2, 0.25) is 5.91 Å². The van der Waals surface area contributed by atoms with Crippen molar-refractivity contribution in [3.8, 4) is 0 Å². The highest BCUT2D eigenvalue weighted by Crippen LogP contribution is 2.22. The van der Waals surface area contributed by atoms with Crippen molar-refractivity contribution in [1.29, 1.82) is 0 Å². The summed E-state index contributed by atoms with van der Waals surface area (Å²) in [6.07, 6.45) is 1.02. The molecule has 0 bridgehead atoms. The Morgan fingerprint density at radius 1 is 1.47 bits per heavy atom. The molecule has 1 amide bonds. The van der Waals surface area contributed by atoms with Crippen LogP contribution in [0.5, 0.6) is 0 Å². The minimum absolute atomic E-state index is 0.0381. The Kier molecular flexibility index (Phi) is 6.12. The number of nitrogens with one attached hydrogen (secondary N) is 1. The average molecular weight is 284 g/mol. The molecule has 0 saturated carbocycles. The molecule has 0 saturated heterocycles. The van der Waals surface area contributed by atoms with Crippen LogP contribution in [0, 0.1) is 0 Å². The van der Waals surface area contributed by atoms with Crippen LogP contribution in [-0.2, 0) is 4.79 Å². The highest BCUT2D eigenvalue weighted by molar-refractivity contribution is 6.33. The van der Waals surface area contributed by atoms with Crippen molar-refractivity contribution < 1.29 is 4.79 Å². The van der Waals surface area contributed by atoms with Crippen LogP contribution in [0.1, 0.15) is 27.2 Å². The Hall–Kier alpha value is -1.26. The van der Waals surface area contributed by atoms with E-state index in [-0.39, 0.29) is 5.91 Å². The van der Waals surface area contributed by atoms with E-state index in [1.165, 1.54) is 0 Å². The number of nitrogens with zero attached hydrogens (tertiary/aromatic N) is 1. The average Bonchev–Trinajstić information content (AvgIpc) is 2.39. The van der Waals surface area contributed by atoms with Crippen molar-refractivity contribution >= 4 is 28.9 Å². The Balaban J connectivity index is 2.61. The van der Waals surface area contributed by atoms with Gasteiger partial charge in [-0.1, -0.05) is 25.4 Å². The first kappa shape index (κ1) is 15.8. The molecule has 0 heterocycles. The molecule has 1 aromatic carbocycles. The van der Waals surface area contributed by atoms with Gasteiger partial charge < -0.3 is 11.1 Å². The van der Waals surface area contributed by atoms with E-state index in [1.807, 2.05) is 0 Å². The molecule has 4 nitrogen and oxygen atoms in total. The molecule has 0 aromatic heterocycles. The van der Waals surface area contributed by atoms with Crippen LogP contribution in [0.2, 0.25) is 5.02 Å². The van der Waals surface area contributed by atoms with Crippen molar-refractivity contribution in [1.82, 2.24) is 4.90 Å². The van der Waals surface area contributed by atoms with Crippen molar-refractivity contribution in [3.63, 3.8) is 0 Å². The minimum atomic E-state index is -0.0381. The summed E-state index contributed by atoms with van der Waals surface area (Å²) in [7, 11) is 0. The highest BCUT2D eigenvalue weighted by atomic mass is 35.5. The summed E-state index contributed by atoms with van der Waals surface area (Å²) in [6, 6.07) is 5.49. The lowest BCUT2D eigenvalue weighted by Gasteiger charge is -2.26. The number of nitrogen functional groups attached to an aromatic ring is 1. The standard InChI is InChI=1S/C14H22ClN3O/c1-4-10(3)18(5-2)9-14(19)17-11-6-7-12(15)13(16)8-11/h6-8,10H,4-5,9,16H2,1-3H3,(H,17,19). The first-order chi connectivity index (χ1) is 8.97. The molecule has 19 heavy (non-hydrogen) atoms. The van der Waals surface area contributed by atoms with Gasteiger partial charge in [0, 0.05) is 11.7 Å². The fourth-order valence-electron chi connectivity index (χ4n) is 1.84. The lowest BCUT2D eigenvalue weighted by Crippen LogP contribution is -2.39. The molecule has 5 heteroatoms. The molecule has 1 aromatic rings. The lowest BCUT2D eigenvalue weighted by molar-refractivity contribution is -0.117. The number of amides is 1. The van der Waals surface area contributed by atoms with Crippen LogP contribution < -0.4 is 11.1 Å².